The summed E-state index contributed by atoms with van der Waals surface area (Å²) in [5.41, 5.74) is 1.22. The molecule has 1 aromatic heterocycles. The summed E-state index contributed by atoms with van der Waals surface area (Å²) >= 11 is 0. The average Bonchev–Trinajstić information content (AvgIpc) is 3.47. The first kappa shape index (κ1) is 29.4. The topological polar surface area (TPSA) is 113 Å². The predicted molar refractivity (Wildman–Crippen MR) is 148 cm³/mol. The normalized spacial score (nSPS) is 23.7. The molecule has 9 heteroatoms. The molecule has 2 aromatic rings. The molecule has 2 aliphatic rings. The van der Waals surface area contributed by atoms with Gasteiger partial charge >= 0.3 is 11.9 Å². The van der Waals surface area contributed by atoms with Crippen molar-refractivity contribution in [2.45, 2.75) is 77.4 Å². The van der Waals surface area contributed by atoms with Gasteiger partial charge in [0.1, 0.15) is 12.1 Å². The monoisotopic (exact) mass is 552 g/mol. The first-order chi connectivity index (χ1) is 19.4. The number of hydrogen-bond donors (Lipinski definition) is 1. The fourth-order valence-corrected chi connectivity index (χ4v) is 6.31. The van der Waals surface area contributed by atoms with Crippen molar-refractivity contribution in [3.63, 3.8) is 0 Å². The largest absolute Gasteiger partial charge is 0.493 e. The Kier molecular flexibility index (Phi) is 10.4. The summed E-state index contributed by atoms with van der Waals surface area (Å²) in [5.74, 6) is -0.114. The van der Waals surface area contributed by atoms with Crippen LogP contribution in [0, 0.1) is 17.8 Å². The number of aromatic nitrogens is 1. The van der Waals surface area contributed by atoms with E-state index >= 15 is 0 Å². The van der Waals surface area contributed by atoms with Crippen LogP contribution in [0.4, 0.5) is 0 Å². The number of cyclic esters (lactones) is 1. The smallest absolute Gasteiger partial charge is 0.328 e. The highest BCUT2D eigenvalue weighted by Crippen LogP contribution is 2.42. The minimum absolute atomic E-state index is 0.0257. The zero-order valence-electron chi connectivity index (χ0n) is 23.6. The summed E-state index contributed by atoms with van der Waals surface area (Å²) in [6, 6.07) is 11.2. The Morgan fingerprint density at radius 2 is 1.80 bits per heavy atom. The van der Waals surface area contributed by atoms with Gasteiger partial charge in [0, 0.05) is 25.1 Å². The molecule has 0 unspecified atom stereocenters. The molecule has 216 valence electrons. The number of rotatable bonds is 9. The van der Waals surface area contributed by atoms with Gasteiger partial charge in [-0.2, -0.15) is 0 Å². The number of esters is 2. The molecule has 1 amide bonds. The molecule has 4 atom stereocenters. The number of methoxy groups -OCH3 is 1. The molecule has 0 radical (unpaired) electrons. The van der Waals surface area contributed by atoms with Gasteiger partial charge in [0.05, 0.1) is 7.11 Å². The van der Waals surface area contributed by atoms with E-state index in [1.807, 2.05) is 13.0 Å². The first-order valence-corrected chi connectivity index (χ1v) is 14.2. The van der Waals surface area contributed by atoms with Gasteiger partial charge in [-0.1, -0.05) is 62.4 Å². The quantitative estimate of drug-likeness (QED) is 0.346. The molecular formula is C31H40N2O7. The molecule has 2 heterocycles. The third-order valence-electron chi connectivity index (χ3n) is 8.10. The maximum absolute atomic E-state index is 13.4. The summed E-state index contributed by atoms with van der Waals surface area (Å²) in [5, 5.41) is 2.82. The number of nitrogens with one attached hydrogen (secondary N) is 1. The minimum atomic E-state index is -0.830. The third kappa shape index (κ3) is 7.52. The maximum Gasteiger partial charge on any atom is 0.328 e. The van der Waals surface area contributed by atoms with E-state index in [1.165, 1.54) is 44.7 Å². The van der Waals surface area contributed by atoms with Crippen LogP contribution in [0.5, 0.6) is 11.5 Å². The van der Waals surface area contributed by atoms with Crippen LogP contribution in [0.15, 0.2) is 42.6 Å². The summed E-state index contributed by atoms with van der Waals surface area (Å²) in [6.45, 7) is 2.85. The van der Waals surface area contributed by atoms with Crippen LogP contribution in [-0.4, -0.2) is 48.9 Å². The number of hydrogen-bond acceptors (Lipinski definition) is 8. The number of nitrogens with zero attached hydrogens (tertiary/aromatic N) is 1. The highest BCUT2D eigenvalue weighted by molar-refractivity contribution is 5.98. The molecule has 40 heavy (non-hydrogen) atoms. The van der Waals surface area contributed by atoms with E-state index in [4.69, 9.17) is 18.9 Å². The van der Waals surface area contributed by atoms with Crippen molar-refractivity contribution in [1.29, 1.82) is 0 Å². The molecule has 0 bridgehead atoms. The predicted octanol–water partition coefficient (Wildman–Crippen LogP) is 4.87. The number of ether oxygens (including phenoxy) is 4. The van der Waals surface area contributed by atoms with Gasteiger partial charge in [0.15, 0.2) is 17.2 Å². The minimum Gasteiger partial charge on any atom is -0.493 e. The van der Waals surface area contributed by atoms with E-state index < -0.39 is 30.7 Å². The highest BCUT2D eigenvalue weighted by atomic mass is 16.7. The van der Waals surface area contributed by atoms with Crippen LogP contribution in [0.25, 0.3) is 0 Å². The van der Waals surface area contributed by atoms with Crippen LogP contribution < -0.4 is 14.8 Å². The van der Waals surface area contributed by atoms with E-state index in [9.17, 15) is 14.4 Å². The molecule has 1 aliphatic carbocycles. The van der Waals surface area contributed by atoms with Crippen molar-refractivity contribution in [3.8, 4) is 11.5 Å². The van der Waals surface area contributed by atoms with Crippen LogP contribution in [0.1, 0.15) is 74.8 Å². The van der Waals surface area contributed by atoms with Gasteiger partial charge in [-0.15, -0.1) is 0 Å². The van der Waals surface area contributed by atoms with Gasteiger partial charge in [-0.3, -0.25) is 9.59 Å². The summed E-state index contributed by atoms with van der Waals surface area (Å²) in [4.78, 5) is 42.1. The Morgan fingerprint density at radius 3 is 2.50 bits per heavy atom. The molecule has 1 saturated heterocycles. The Hall–Kier alpha value is -3.62. The van der Waals surface area contributed by atoms with Crippen LogP contribution in [0.2, 0.25) is 0 Å². The lowest BCUT2D eigenvalue weighted by Crippen LogP contribution is -2.44. The van der Waals surface area contributed by atoms with E-state index in [-0.39, 0.29) is 29.2 Å². The molecule has 2 fully saturated rings. The molecule has 0 spiro atoms. The van der Waals surface area contributed by atoms with Gasteiger partial charge in [-0.05, 0) is 43.6 Å². The second-order valence-corrected chi connectivity index (χ2v) is 10.8. The van der Waals surface area contributed by atoms with Crippen molar-refractivity contribution in [2.75, 3.05) is 13.9 Å². The fraction of sp³-hybridized carbons (Fsp3) is 0.548. The van der Waals surface area contributed by atoms with Crippen LogP contribution in [-0.2, 0) is 25.5 Å². The van der Waals surface area contributed by atoms with Gasteiger partial charge in [0.2, 0.25) is 6.79 Å². The summed E-state index contributed by atoms with van der Waals surface area (Å²) in [7, 11) is 1.43. The maximum atomic E-state index is 13.4. The second-order valence-electron chi connectivity index (χ2n) is 10.8. The number of pyridine rings is 1. The second kappa shape index (κ2) is 14.1. The van der Waals surface area contributed by atoms with E-state index in [1.54, 1.807) is 0 Å². The molecule has 1 saturated carbocycles. The molecule has 4 rings (SSSR count). The Labute approximate surface area is 235 Å². The van der Waals surface area contributed by atoms with Crippen molar-refractivity contribution < 1.29 is 33.3 Å². The molecule has 1 N–H and O–H groups in total. The van der Waals surface area contributed by atoms with Crippen molar-refractivity contribution in [1.82, 2.24) is 10.3 Å². The fourth-order valence-electron chi connectivity index (χ4n) is 6.31. The van der Waals surface area contributed by atoms with Crippen LogP contribution >= 0.6 is 0 Å². The lowest BCUT2D eigenvalue weighted by Gasteiger charge is -2.35. The Morgan fingerprint density at radius 1 is 1.05 bits per heavy atom. The van der Waals surface area contributed by atoms with E-state index in [0.29, 0.717) is 18.3 Å². The van der Waals surface area contributed by atoms with E-state index in [0.717, 1.165) is 32.1 Å². The lowest BCUT2D eigenvalue weighted by molar-refractivity contribution is -0.155. The molecule has 1 aliphatic heterocycles. The number of benzene rings is 1. The van der Waals surface area contributed by atoms with Gasteiger partial charge in [-0.25, -0.2) is 9.78 Å². The Bertz CT molecular complexity index is 1150. The van der Waals surface area contributed by atoms with E-state index in [2.05, 4.69) is 34.6 Å². The number of carbonyl (C=O) groups excluding carboxylic acids is 3. The zero-order chi connectivity index (χ0) is 28.5. The molecule has 9 nitrogen and oxygen atoms in total. The third-order valence-corrected chi connectivity index (χ3v) is 8.10. The van der Waals surface area contributed by atoms with Gasteiger partial charge in [0.25, 0.3) is 5.91 Å². The number of carbonyl (C=O) groups is 3. The Balaban J connectivity index is 1.52. The molecule has 1 aromatic carbocycles. The van der Waals surface area contributed by atoms with Crippen molar-refractivity contribution >= 4 is 17.8 Å². The zero-order valence-corrected chi connectivity index (χ0v) is 23.6. The SMILES string of the molecule is COc1ccnc(C(=O)N[C@H]2CCC[C@H](Cc3ccccc3)[C@@H](C3CCCC3)[C@H](C)OC2=O)c1OCOC(C)=O. The molecular weight excluding hydrogens is 512 g/mol. The average molecular weight is 553 g/mol. The lowest BCUT2D eigenvalue weighted by atomic mass is 9.73. The number of amides is 1. The first-order valence-electron chi connectivity index (χ1n) is 14.2. The van der Waals surface area contributed by atoms with Gasteiger partial charge < -0.3 is 24.3 Å². The summed E-state index contributed by atoms with van der Waals surface area (Å²) in [6.07, 6.45) is 9.01. The van der Waals surface area contributed by atoms with Crippen molar-refractivity contribution in [3.05, 3.63) is 53.9 Å². The standard InChI is InChI=1S/C31H40N2O7/c1-20-27(23-12-7-8-13-23)24(18-22-10-5-4-6-11-22)14-9-15-25(31(36)40-20)33-30(35)28-29(39-19-38-21(2)34)26(37-3)16-17-32-28/h4-6,10-11,16-17,20,23-25,27H,7-9,12-15,18-19H2,1-3H3,(H,33,35)/t20-,24+,25-,27+/m0/s1. The highest BCUT2D eigenvalue weighted by Gasteiger charge is 2.39. The van der Waals surface area contributed by atoms with Crippen molar-refractivity contribution in [2.24, 2.45) is 17.8 Å². The summed E-state index contributed by atoms with van der Waals surface area (Å²) < 4.78 is 21.8. The van der Waals surface area contributed by atoms with Crippen LogP contribution in [0.3, 0.4) is 0 Å².